The zero-order chi connectivity index (χ0) is 22.4. The summed E-state index contributed by atoms with van der Waals surface area (Å²) in [4.78, 5) is 19.5. The second-order valence-corrected chi connectivity index (χ2v) is 6.01. The normalized spacial score (nSPS) is 10.7. The van der Waals surface area contributed by atoms with E-state index in [0.29, 0.717) is 0 Å². The number of nitrogens with zero attached hydrogens (tertiary/aromatic N) is 2. The third-order valence-corrected chi connectivity index (χ3v) is 4.06. The zero-order valence-corrected chi connectivity index (χ0v) is 15.1. The van der Waals surface area contributed by atoms with E-state index in [9.17, 15) is 35.5 Å². The molecule has 13 heteroatoms. The summed E-state index contributed by atoms with van der Waals surface area (Å²) in [5.74, 6) is -0.265. The number of benzene rings is 2. The monoisotopic (exact) mass is 411 g/mol. The summed E-state index contributed by atoms with van der Waals surface area (Å²) >= 11 is 0. The van der Waals surface area contributed by atoms with Crippen LogP contribution in [-0.2, 0) is 5.41 Å². The predicted octanol–water partition coefficient (Wildman–Crippen LogP) is -0.143. The third kappa shape index (κ3) is 5.19. The van der Waals surface area contributed by atoms with Crippen LogP contribution in [0, 0.1) is 20.2 Å². The molecular weight excluding hydrogens is 390 g/mol. The fourth-order valence-electron chi connectivity index (χ4n) is 2.42. The van der Waals surface area contributed by atoms with Crippen LogP contribution in [0.15, 0.2) is 30.3 Å². The average molecular weight is 411 g/mol. The molecule has 0 aliphatic rings. The molecule has 0 saturated carbocycles. The Labute approximate surface area is 163 Å². The van der Waals surface area contributed by atoms with Crippen LogP contribution in [0.1, 0.15) is 5.56 Å². The molecule has 29 heavy (non-hydrogen) atoms. The number of hydrogen-bond acceptors (Lipinski definition) is 11. The minimum atomic E-state index is -1.43. The quantitative estimate of drug-likeness (QED) is 0.142. The Balaban J connectivity index is 0.000000326. The topological polar surface area (TPSA) is 245 Å². The van der Waals surface area contributed by atoms with Crippen molar-refractivity contribution in [2.45, 2.75) is 5.41 Å². The number of non-ortho nitro benzene ring substituents is 2. The van der Waals surface area contributed by atoms with Gasteiger partial charge in [0.2, 0.25) is 0 Å². The summed E-state index contributed by atoms with van der Waals surface area (Å²) in [5, 5.41) is 57.5. The third-order valence-electron chi connectivity index (χ3n) is 4.06. The lowest BCUT2D eigenvalue weighted by molar-refractivity contribution is -0.385. The molecule has 0 saturated heterocycles. The Morgan fingerprint density at radius 2 is 1.24 bits per heavy atom. The number of nitrogens with two attached hydrogens (primary N) is 3. The van der Waals surface area contributed by atoms with Gasteiger partial charge in [0.15, 0.2) is 0 Å². The molecule has 0 aliphatic heterocycles. The van der Waals surface area contributed by atoms with Gasteiger partial charge in [-0.2, -0.15) is 0 Å². The molecule has 0 amide bonds. The molecule has 2 aromatic rings. The second-order valence-electron chi connectivity index (χ2n) is 6.01. The Kier molecular flexibility index (Phi) is 7.65. The van der Waals surface area contributed by atoms with Crippen LogP contribution in [0.25, 0.3) is 0 Å². The molecule has 158 valence electrons. The number of nitro benzene ring substituents is 2. The fraction of sp³-hybridized carbons (Fsp3) is 0.250. The van der Waals surface area contributed by atoms with Crippen LogP contribution in [-0.4, -0.2) is 50.1 Å². The first-order chi connectivity index (χ1) is 13.5. The van der Waals surface area contributed by atoms with Gasteiger partial charge in [0, 0.05) is 35.1 Å². The first-order valence-corrected chi connectivity index (χ1v) is 7.92. The van der Waals surface area contributed by atoms with E-state index in [1.54, 1.807) is 0 Å². The van der Waals surface area contributed by atoms with Crippen molar-refractivity contribution in [1.29, 1.82) is 0 Å². The van der Waals surface area contributed by atoms with Gasteiger partial charge in [-0.05, 0) is 6.07 Å². The number of nitro groups is 2. The summed E-state index contributed by atoms with van der Waals surface area (Å²) in [6, 6.07) is 5.67. The molecule has 0 aromatic heterocycles. The van der Waals surface area contributed by atoms with Crippen molar-refractivity contribution >= 4 is 28.4 Å². The van der Waals surface area contributed by atoms with Crippen LogP contribution in [0.3, 0.4) is 0 Å². The molecule has 0 bridgehead atoms. The van der Waals surface area contributed by atoms with Gasteiger partial charge in [-0.3, -0.25) is 20.2 Å². The second kappa shape index (κ2) is 9.50. The van der Waals surface area contributed by atoms with Crippen LogP contribution < -0.4 is 17.2 Å². The molecular formula is C16H21N5O8. The molecule has 0 heterocycles. The standard InChI is InChI=1S/C10H15N3O5.C6H6N2O3/c11-7-1-6(13(17)18)2-8(12)9(7)10(3-14,4-15)5-16;7-5-2-1-4(8(10)11)3-6(5)9/h1-2,14-16H,3-5,11-12H2;1-3,9H,7H2. The Morgan fingerprint density at radius 1 is 0.793 bits per heavy atom. The highest BCUT2D eigenvalue weighted by atomic mass is 16.6. The minimum Gasteiger partial charge on any atom is -0.506 e. The van der Waals surface area contributed by atoms with Gasteiger partial charge in [0.1, 0.15) is 5.75 Å². The number of rotatable bonds is 6. The molecule has 0 aliphatic carbocycles. The smallest absolute Gasteiger partial charge is 0.273 e. The van der Waals surface area contributed by atoms with E-state index in [-0.39, 0.29) is 39.7 Å². The Hall–Kier alpha value is -3.68. The van der Waals surface area contributed by atoms with Gasteiger partial charge in [0.05, 0.1) is 46.8 Å². The number of phenolic OH excluding ortho intramolecular Hbond substituents is 1. The van der Waals surface area contributed by atoms with Crippen molar-refractivity contribution in [1.82, 2.24) is 0 Å². The van der Waals surface area contributed by atoms with Crippen LogP contribution >= 0.6 is 0 Å². The van der Waals surface area contributed by atoms with Crippen molar-refractivity contribution in [2.24, 2.45) is 0 Å². The molecule has 2 aromatic carbocycles. The highest BCUT2D eigenvalue weighted by Crippen LogP contribution is 2.36. The SMILES string of the molecule is Nc1cc([N+](=O)[O-])cc(N)c1C(CO)(CO)CO.Nc1ccc([N+](=O)[O-])cc1O. The molecule has 0 unspecified atom stereocenters. The Bertz CT molecular complexity index is 870. The maximum Gasteiger partial charge on any atom is 0.273 e. The lowest BCUT2D eigenvalue weighted by Gasteiger charge is -2.30. The van der Waals surface area contributed by atoms with Gasteiger partial charge < -0.3 is 37.6 Å². The summed E-state index contributed by atoms with van der Waals surface area (Å²) < 4.78 is 0. The minimum absolute atomic E-state index is 0.0566. The van der Waals surface area contributed by atoms with E-state index in [1.807, 2.05) is 0 Å². The number of nitrogen functional groups attached to an aromatic ring is 3. The average Bonchev–Trinajstić information content (AvgIpc) is 2.67. The van der Waals surface area contributed by atoms with E-state index in [1.165, 1.54) is 12.1 Å². The van der Waals surface area contributed by atoms with Gasteiger partial charge in [-0.15, -0.1) is 0 Å². The van der Waals surface area contributed by atoms with Crippen molar-refractivity contribution in [3.8, 4) is 5.75 Å². The van der Waals surface area contributed by atoms with Crippen molar-refractivity contribution in [3.05, 3.63) is 56.1 Å². The van der Waals surface area contributed by atoms with Gasteiger partial charge in [0.25, 0.3) is 11.4 Å². The molecule has 13 nitrogen and oxygen atoms in total. The van der Waals surface area contributed by atoms with Gasteiger partial charge in [-0.25, -0.2) is 0 Å². The Morgan fingerprint density at radius 3 is 1.59 bits per heavy atom. The number of anilines is 3. The van der Waals surface area contributed by atoms with E-state index in [2.05, 4.69) is 0 Å². The zero-order valence-electron chi connectivity index (χ0n) is 15.1. The molecule has 0 atom stereocenters. The van der Waals surface area contributed by atoms with Crippen molar-refractivity contribution < 1.29 is 30.3 Å². The van der Waals surface area contributed by atoms with E-state index < -0.39 is 35.1 Å². The summed E-state index contributed by atoms with van der Waals surface area (Å²) in [7, 11) is 0. The van der Waals surface area contributed by atoms with Crippen LogP contribution in [0.2, 0.25) is 0 Å². The molecule has 0 radical (unpaired) electrons. The molecule has 2 rings (SSSR count). The largest absolute Gasteiger partial charge is 0.506 e. The highest BCUT2D eigenvalue weighted by molar-refractivity contribution is 5.70. The predicted molar refractivity (Wildman–Crippen MR) is 104 cm³/mol. The van der Waals surface area contributed by atoms with Crippen LogP contribution in [0.4, 0.5) is 28.4 Å². The van der Waals surface area contributed by atoms with Gasteiger partial charge >= 0.3 is 0 Å². The number of aliphatic hydroxyl groups excluding tert-OH is 3. The molecule has 0 spiro atoms. The lowest BCUT2D eigenvalue weighted by Crippen LogP contribution is -2.40. The van der Waals surface area contributed by atoms with E-state index in [0.717, 1.165) is 18.2 Å². The maximum absolute atomic E-state index is 10.6. The number of aromatic hydroxyl groups is 1. The van der Waals surface area contributed by atoms with E-state index in [4.69, 9.17) is 22.3 Å². The molecule has 10 N–H and O–H groups in total. The number of hydrogen-bond donors (Lipinski definition) is 7. The van der Waals surface area contributed by atoms with Crippen LogP contribution in [0.5, 0.6) is 5.75 Å². The fourth-order valence-corrected chi connectivity index (χ4v) is 2.42. The van der Waals surface area contributed by atoms with Crippen molar-refractivity contribution in [2.75, 3.05) is 37.0 Å². The summed E-state index contributed by atoms with van der Waals surface area (Å²) in [5.41, 5.74) is 14.8. The van der Waals surface area contributed by atoms with Gasteiger partial charge in [-0.1, -0.05) is 0 Å². The highest BCUT2D eigenvalue weighted by Gasteiger charge is 2.35. The number of aliphatic hydroxyl groups is 3. The molecule has 0 fully saturated rings. The maximum atomic E-state index is 10.6. The lowest BCUT2D eigenvalue weighted by atomic mass is 9.80. The summed E-state index contributed by atoms with van der Waals surface area (Å²) in [6.45, 7) is -1.77. The number of phenols is 1. The summed E-state index contributed by atoms with van der Waals surface area (Å²) in [6.07, 6.45) is 0. The first-order valence-electron chi connectivity index (χ1n) is 7.92. The first kappa shape index (κ1) is 23.4. The van der Waals surface area contributed by atoms with Crippen molar-refractivity contribution in [3.63, 3.8) is 0 Å². The van der Waals surface area contributed by atoms with E-state index >= 15 is 0 Å².